The lowest BCUT2D eigenvalue weighted by Crippen LogP contribution is -2.47. The zero-order chi connectivity index (χ0) is 22.4. The number of nitrogens with zero attached hydrogens (tertiary/aromatic N) is 4. The highest BCUT2D eigenvalue weighted by atomic mass is 19.4. The van der Waals surface area contributed by atoms with Crippen molar-refractivity contribution in [1.29, 1.82) is 0 Å². The quantitative estimate of drug-likeness (QED) is 0.600. The van der Waals surface area contributed by atoms with Gasteiger partial charge >= 0.3 is 6.18 Å². The molecule has 0 aliphatic carbocycles. The van der Waals surface area contributed by atoms with Gasteiger partial charge in [-0.15, -0.1) is 0 Å². The fourth-order valence-electron chi connectivity index (χ4n) is 4.32. The minimum Gasteiger partial charge on any atom is -0.381 e. The van der Waals surface area contributed by atoms with E-state index < -0.39 is 11.9 Å². The number of pyridine rings is 2. The summed E-state index contributed by atoms with van der Waals surface area (Å²) in [6.07, 6.45) is -0.139. The minimum atomic E-state index is -4.42. The van der Waals surface area contributed by atoms with Crippen molar-refractivity contribution in [3.05, 3.63) is 54.0 Å². The summed E-state index contributed by atoms with van der Waals surface area (Å²) in [6, 6.07) is 9.99. The van der Waals surface area contributed by atoms with Crippen LogP contribution in [-0.4, -0.2) is 67.4 Å². The molecule has 2 aromatic rings. The molecule has 174 valence electrons. The second-order valence-corrected chi connectivity index (χ2v) is 8.23. The highest BCUT2D eigenvalue weighted by molar-refractivity contribution is 5.40. The number of aromatic nitrogens is 2. The summed E-state index contributed by atoms with van der Waals surface area (Å²) in [5, 5.41) is 0. The van der Waals surface area contributed by atoms with E-state index in [1.165, 1.54) is 6.07 Å². The monoisotopic (exact) mass is 450 g/mol. The largest absolute Gasteiger partial charge is 0.433 e. The van der Waals surface area contributed by atoms with Crippen LogP contribution in [0.2, 0.25) is 0 Å². The predicted octanol–water partition coefficient (Wildman–Crippen LogP) is 3.73. The van der Waals surface area contributed by atoms with Crippen molar-refractivity contribution in [1.82, 2.24) is 14.9 Å². The van der Waals surface area contributed by atoms with Crippen molar-refractivity contribution in [2.75, 3.05) is 57.4 Å². The summed E-state index contributed by atoms with van der Waals surface area (Å²) < 4.78 is 50.7. The van der Waals surface area contributed by atoms with Gasteiger partial charge in [0.2, 0.25) is 0 Å². The van der Waals surface area contributed by atoms with Crippen molar-refractivity contribution < 1.29 is 22.6 Å². The number of piperazine rings is 1. The molecule has 0 bridgehead atoms. The fraction of sp³-hybridized carbons (Fsp3) is 0.565. The van der Waals surface area contributed by atoms with Crippen LogP contribution >= 0.6 is 0 Å². The van der Waals surface area contributed by atoms with E-state index in [1.54, 1.807) is 12.3 Å². The molecule has 0 atom stereocenters. The molecule has 2 aliphatic heterocycles. The molecular weight excluding hydrogens is 421 g/mol. The molecule has 2 fully saturated rings. The normalized spacial score (nSPS) is 19.8. The van der Waals surface area contributed by atoms with Gasteiger partial charge in [-0.3, -0.25) is 9.88 Å². The van der Waals surface area contributed by atoms with Crippen LogP contribution in [0.25, 0.3) is 0 Å². The maximum atomic E-state index is 12.9. The van der Waals surface area contributed by atoms with Crippen molar-refractivity contribution in [2.45, 2.75) is 31.0 Å². The van der Waals surface area contributed by atoms with Gasteiger partial charge < -0.3 is 14.4 Å². The number of alkyl halides is 3. The van der Waals surface area contributed by atoms with E-state index in [0.29, 0.717) is 38.7 Å². The van der Waals surface area contributed by atoms with Crippen LogP contribution in [0.5, 0.6) is 0 Å². The highest BCUT2D eigenvalue weighted by Gasteiger charge is 2.37. The van der Waals surface area contributed by atoms with Crippen molar-refractivity contribution in [3.63, 3.8) is 0 Å². The van der Waals surface area contributed by atoms with Crippen LogP contribution in [0.4, 0.5) is 19.0 Å². The second-order valence-electron chi connectivity index (χ2n) is 8.23. The van der Waals surface area contributed by atoms with E-state index in [0.717, 1.165) is 50.7 Å². The number of halogens is 3. The van der Waals surface area contributed by atoms with Gasteiger partial charge in [0.15, 0.2) is 0 Å². The molecule has 4 heterocycles. The Bertz CT molecular complexity index is 852. The maximum Gasteiger partial charge on any atom is 0.433 e. The molecule has 2 aliphatic rings. The molecule has 0 unspecified atom stereocenters. The van der Waals surface area contributed by atoms with E-state index in [2.05, 4.69) is 14.9 Å². The predicted molar refractivity (Wildman–Crippen MR) is 114 cm³/mol. The molecule has 0 N–H and O–H groups in total. The SMILES string of the molecule is FC(F)(F)c1cccc(N2CCN(CCCOC3(c4ccccn4)CCOCC3)CC2)n1. The van der Waals surface area contributed by atoms with Gasteiger partial charge in [0, 0.05) is 71.6 Å². The highest BCUT2D eigenvalue weighted by Crippen LogP contribution is 2.35. The molecule has 0 aromatic carbocycles. The number of ether oxygens (including phenoxy) is 2. The van der Waals surface area contributed by atoms with E-state index in [4.69, 9.17) is 9.47 Å². The van der Waals surface area contributed by atoms with E-state index in [-0.39, 0.29) is 5.60 Å². The summed E-state index contributed by atoms with van der Waals surface area (Å²) in [5.74, 6) is 0.389. The van der Waals surface area contributed by atoms with Gasteiger partial charge in [0.05, 0.1) is 5.69 Å². The molecule has 0 saturated carbocycles. The standard InChI is InChI=1S/C23H29F3N4O2/c24-23(25,26)20-6-3-7-21(28-20)30-14-12-29(13-15-30)11-4-16-32-22(8-17-31-18-9-22)19-5-1-2-10-27-19/h1-3,5-7,10H,4,8-9,11-18H2. The Balaban J connectivity index is 1.24. The van der Waals surface area contributed by atoms with Crippen LogP contribution in [0.15, 0.2) is 42.6 Å². The van der Waals surface area contributed by atoms with Crippen molar-refractivity contribution >= 4 is 5.82 Å². The zero-order valence-electron chi connectivity index (χ0n) is 18.1. The fourth-order valence-corrected chi connectivity index (χ4v) is 4.32. The number of rotatable bonds is 7. The molecule has 6 nitrogen and oxygen atoms in total. The Morgan fingerprint density at radius 2 is 1.78 bits per heavy atom. The number of hydrogen-bond acceptors (Lipinski definition) is 6. The van der Waals surface area contributed by atoms with Gasteiger partial charge in [-0.25, -0.2) is 4.98 Å². The third kappa shape index (κ3) is 5.57. The van der Waals surface area contributed by atoms with E-state index in [9.17, 15) is 13.2 Å². The van der Waals surface area contributed by atoms with Crippen LogP contribution < -0.4 is 4.90 Å². The molecule has 2 saturated heterocycles. The van der Waals surface area contributed by atoms with Gasteiger partial charge in [0.25, 0.3) is 0 Å². The molecule has 9 heteroatoms. The maximum absolute atomic E-state index is 12.9. The zero-order valence-corrected chi connectivity index (χ0v) is 18.1. The van der Waals surface area contributed by atoms with Crippen molar-refractivity contribution in [3.8, 4) is 0 Å². The first-order valence-electron chi connectivity index (χ1n) is 11.1. The Labute approximate surface area is 186 Å². The molecule has 0 radical (unpaired) electrons. The molecule has 4 rings (SSSR count). The average Bonchev–Trinajstić information content (AvgIpc) is 2.83. The topological polar surface area (TPSA) is 50.7 Å². The van der Waals surface area contributed by atoms with Crippen LogP contribution in [0.3, 0.4) is 0 Å². The van der Waals surface area contributed by atoms with Crippen LogP contribution in [-0.2, 0) is 21.3 Å². The number of anilines is 1. The van der Waals surface area contributed by atoms with Gasteiger partial charge in [-0.05, 0) is 30.7 Å². The Morgan fingerprint density at radius 1 is 1.00 bits per heavy atom. The number of hydrogen-bond donors (Lipinski definition) is 0. The Morgan fingerprint density at radius 3 is 2.47 bits per heavy atom. The summed E-state index contributed by atoms with van der Waals surface area (Å²) in [4.78, 5) is 12.6. The lowest BCUT2D eigenvalue weighted by atomic mass is 9.90. The lowest BCUT2D eigenvalue weighted by Gasteiger charge is -2.37. The second kappa shape index (κ2) is 10.1. The lowest BCUT2D eigenvalue weighted by molar-refractivity contribution is -0.141. The smallest absolute Gasteiger partial charge is 0.381 e. The first-order valence-corrected chi connectivity index (χ1v) is 11.1. The molecular formula is C23H29F3N4O2. The summed E-state index contributed by atoms with van der Waals surface area (Å²) >= 11 is 0. The molecule has 0 amide bonds. The summed E-state index contributed by atoms with van der Waals surface area (Å²) in [5.41, 5.74) is -0.261. The average molecular weight is 451 g/mol. The van der Waals surface area contributed by atoms with E-state index in [1.807, 2.05) is 23.1 Å². The first-order chi connectivity index (χ1) is 15.5. The van der Waals surface area contributed by atoms with Crippen LogP contribution in [0, 0.1) is 0 Å². The van der Waals surface area contributed by atoms with Gasteiger partial charge in [-0.1, -0.05) is 12.1 Å². The van der Waals surface area contributed by atoms with Gasteiger partial charge in [0.1, 0.15) is 17.1 Å². The first kappa shape index (κ1) is 22.9. The third-order valence-electron chi connectivity index (χ3n) is 6.15. The molecule has 32 heavy (non-hydrogen) atoms. The Kier molecular flexibility index (Phi) is 7.27. The summed E-state index contributed by atoms with van der Waals surface area (Å²) in [6.45, 7) is 5.75. The molecule has 2 aromatic heterocycles. The third-order valence-corrected chi connectivity index (χ3v) is 6.15. The molecule has 0 spiro atoms. The van der Waals surface area contributed by atoms with Crippen molar-refractivity contribution in [2.24, 2.45) is 0 Å². The van der Waals surface area contributed by atoms with Crippen LogP contribution in [0.1, 0.15) is 30.7 Å². The van der Waals surface area contributed by atoms with E-state index >= 15 is 0 Å². The minimum absolute atomic E-state index is 0.382. The Hall–Kier alpha value is -2.23. The van der Waals surface area contributed by atoms with Gasteiger partial charge in [-0.2, -0.15) is 13.2 Å². The summed E-state index contributed by atoms with van der Waals surface area (Å²) in [7, 11) is 0.